The van der Waals surface area contributed by atoms with E-state index in [0.29, 0.717) is 28.1 Å². The van der Waals surface area contributed by atoms with Crippen LogP contribution in [0.5, 0.6) is 0 Å². The van der Waals surface area contributed by atoms with Gasteiger partial charge in [0.2, 0.25) is 17.7 Å². The normalized spacial score (nSPS) is 11.1. The second-order valence-electron chi connectivity index (χ2n) is 7.15. The summed E-state index contributed by atoms with van der Waals surface area (Å²) in [6.07, 6.45) is 0. The quantitative estimate of drug-likeness (QED) is 0.461. The number of amides is 1. The molecule has 0 atom stereocenters. The van der Waals surface area contributed by atoms with Crippen molar-refractivity contribution in [3.8, 4) is 11.5 Å². The van der Waals surface area contributed by atoms with Gasteiger partial charge in [0.05, 0.1) is 22.9 Å². The zero-order valence-electron chi connectivity index (χ0n) is 17.0. The maximum atomic E-state index is 12.9. The van der Waals surface area contributed by atoms with E-state index in [1.54, 1.807) is 22.7 Å². The third kappa shape index (κ3) is 5.40. The second-order valence-corrected chi connectivity index (χ2v) is 8.58. The molecular formula is C22H24ClN3O2S. The van der Waals surface area contributed by atoms with E-state index < -0.39 is 0 Å². The van der Waals surface area contributed by atoms with Crippen LogP contribution in [0.1, 0.15) is 30.9 Å². The van der Waals surface area contributed by atoms with Crippen molar-refractivity contribution < 1.29 is 9.21 Å². The summed E-state index contributed by atoms with van der Waals surface area (Å²) in [4.78, 5) is 15.8. The van der Waals surface area contributed by atoms with E-state index in [9.17, 15) is 4.79 Å². The average molecular weight is 430 g/mol. The lowest BCUT2D eigenvalue weighted by Gasteiger charge is -2.25. The SMILES string of the molecule is Cc1ccc(C)c(SCC(=O)N(Cc2nnc(-c3ccccc3Cl)o2)C(C)C)c1. The maximum Gasteiger partial charge on any atom is 0.249 e. The van der Waals surface area contributed by atoms with Crippen molar-refractivity contribution in [1.82, 2.24) is 15.1 Å². The molecule has 3 aromatic rings. The molecule has 0 spiro atoms. The molecule has 0 radical (unpaired) electrons. The molecular weight excluding hydrogens is 406 g/mol. The molecule has 152 valence electrons. The molecule has 5 nitrogen and oxygen atoms in total. The fourth-order valence-corrected chi connectivity index (χ4v) is 4.08. The molecule has 0 aliphatic carbocycles. The first kappa shape index (κ1) is 21.4. The molecule has 0 fully saturated rings. The van der Waals surface area contributed by atoms with Crippen LogP contribution in [0.3, 0.4) is 0 Å². The van der Waals surface area contributed by atoms with Crippen LogP contribution < -0.4 is 0 Å². The topological polar surface area (TPSA) is 59.2 Å². The van der Waals surface area contributed by atoms with Gasteiger partial charge in [-0.2, -0.15) is 0 Å². The van der Waals surface area contributed by atoms with E-state index in [1.807, 2.05) is 32.0 Å². The Morgan fingerprint density at radius 3 is 2.66 bits per heavy atom. The van der Waals surface area contributed by atoms with Crippen LogP contribution in [0.4, 0.5) is 0 Å². The Morgan fingerprint density at radius 1 is 1.17 bits per heavy atom. The van der Waals surface area contributed by atoms with Crippen LogP contribution in [-0.4, -0.2) is 32.8 Å². The summed E-state index contributed by atoms with van der Waals surface area (Å²) in [7, 11) is 0. The van der Waals surface area contributed by atoms with Crippen LogP contribution in [0.2, 0.25) is 5.02 Å². The van der Waals surface area contributed by atoms with Gasteiger partial charge in [0.15, 0.2) is 0 Å². The predicted octanol–water partition coefficient (Wildman–Crippen LogP) is 5.54. The van der Waals surface area contributed by atoms with Gasteiger partial charge < -0.3 is 9.32 Å². The molecule has 29 heavy (non-hydrogen) atoms. The van der Waals surface area contributed by atoms with Gasteiger partial charge in [-0.05, 0) is 51.5 Å². The molecule has 1 heterocycles. The van der Waals surface area contributed by atoms with Gasteiger partial charge in [-0.1, -0.05) is 41.4 Å². The number of thioether (sulfide) groups is 1. The van der Waals surface area contributed by atoms with Crippen LogP contribution in [0.15, 0.2) is 51.8 Å². The van der Waals surface area contributed by atoms with Crippen molar-refractivity contribution in [2.45, 2.75) is 45.2 Å². The maximum absolute atomic E-state index is 12.9. The number of benzene rings is 2. The van der Waals surface area contributed by atoms with E-state index >= 15 is 0 Å². The fraction of sp³-hybridized carbons (Fsp3) is 0.318. The Kier molecular flexibility index (Phi) is 6.98. The minimum atomic E-state index is 0.0115. The molecule has 0 aliphatic rings. The number of hydrogen-bond acceptors (Lipinski definition) is 5. The number of carbonyl (C=O) groups is 1. The van der Waals surface area contributed by atoms with Crippen LogP contribution in [0, 0.1) is 13.8 Å². The minimum absolute atomic E-state index is 0.0115. The van der Waals surface area contributed by atoms with Crippen molar-refractivity contribution in [1.29, 1.82) is 0 Å². The smallest absolute Gasteiger partial charge is 0.249 e. The van der Waals surface area contributed by atoms with Gasteiger partial charge in [0, 0.05) is 10.9 Å². The summed E-state index contributed by atoms with van der Waals surface area (Å²) in [5.74, 6) is 1.13. The lowest BCUT2D eigenvalue weighted by atomic mass is 10.2. The van der Waals surface area contributed by atoms with Gasteiger partial charge in [-0.25, -0.2) is 0 Å². The molecule has 7 heteroatoms. The highest BCUT2D eigenvalue weighted by atomic mass is 35.5. The molecule has 0 N–H and O–H groups in total. The molecule has 1 amide bonds. The van der Waals surface area contributed by atoms with Crippen molar-refractivity contribution in [3.63, 3.8) is 0 Å². The lowest BCUT2D eigenvalue weighted by Crippen LogP contribution is -2.37. The zero-order chi connectivity index (χ0) is 21.0. The lowest BCUT2D eigenvalue weighted by molar-refractivity contribution is -0.131. The average Bonchev–Trinajstić information content (AvgIpc) is 3.15. The summed E-state index contributed by atoms with van der Waals surface area (Å²) in [6.45, 7) is 8.33. The third-order valence-corrected chi connectivity index (χ3v) is 5.99. The highest BCUT2D eigenvalue weighted by Crippen LogP contribution is 2.27. The fourth-order valence-electron chi connectivity index (χ4n) is 2.85. The Morgan fingerprint density at radius 2 is 1.93 bits per heavy atom. The summed E-state index contributed by atoms with van der Waals surface area (Å²) >= 11 is 7.76. The standard InChI is InChI=1S/C22H24ClN3O2S/c1-14(2)26(21(27)13-29-19-11-15(3)9-10-16(19)4)12-20-24-25-22(28-20)17-7-5-6-8-18(17)23/h5-11,14H,12-13H2,1-4H3. The molecule has 0 bridgehead atoms. The molecule has 0 saturated heterocycles. The van der Waals surface area contributed by atoms with Crippen LogP contribution in [-0.2, 0) is 11.3 Å². The van der Waals surface area contributed by atoms with Crippen molar-refractivity contribution in [3.05, 3.63) is 64.5 Å². The van der Waals surface area contributed by atoms with E-state index in [-0.39, 0.29) is 18.5 Å². The molecule has 0 unspecified atom stereocenters. The molecule has 0 aliphatic heterocycles. The van der Waals surface area contributed by atoms with Crippen LogP contribution >= 0.6 is 23.4 Å². The Balaban J connectivity index is 1.69. The number of rotatable bonds is 7. The third-order valence-electron chi connectivity index (χ3n) is 4.52. The number of halogens is 1. The number of hydrogen-bond donors (Lipinski definition) is 0. The Bertz CT molecular complexity index is 1000. The van der Waals surface area contributed by atoms with E-state index in [0.717, 1.165) is 4.90 Å². The zero-order valence-corrected chi connectivity index (χ0v) is 18.5. The van der Waals surface area contributed by atoms with E-state index in [4.69, 9.17) is 16.0 Å². The Labute approximate surface area is 180 Å². The van der Waals surface area contributed by atoms with Gasteiger partial charge in [-0.15, -0.1) is 22.0 Å². The summed E-state index contributed by atoms with van der Waals surface area (Å²) in [5.41, 5.74) is 3.04. The van der Waals surface area contributed by atoms with Crippen molar-refractivity contribution >= 4 is 29.3 Å². The second kappa shape index (κ2) is 9.46. The summed E-state index contributed by atoms with van der Waals surface area (Å²) in [5, 5.41) is 8.74. The van der Waals surface area contributed by atoms with Gasteiger partial charge in [0.1, 0.15) is 0 Å². The van der Waals surface area contributed by atoms with Gasteiger partial charge in [-0.3, -0.25) is 4.79 Å². The van der Waals surface area contributed by atoms with E-state index in [2.05, 4.69) is 42.2 Å². The van der Waals surface area contributed by atoms with Crippen molar-refractivity contribution in [2.75, 3.05) is 5.75 Å². The molecule has 2 aromatic carbocycles. The number of aromatic nitrogens is 2. The minimum Gasteiger partial charge on any atom is -0.419 e. The number of carbonyl (C=O) groups excluding carboxylic acids is 1. The summed E-state index contributed by atoms with van der Waals surface area (Å²) in [6, 6.07) is 13.6. The predicted molar refractivity (Wildman–Crippen MR) is 117 cm³/mol. The monoisotopic (exact) mass is 429 g/mol. The molecule has 0 saturated carbocycles. The van der Waals surface area contributed by atoms with Crippen LogP contribution in [0.25, 0.3) is 11.5 Å². The highest BCUT2D eigenvalue weighted by molar-refractivity contribution is 8.00. The molecule has 1 aromatic heterocycles. The van der Waals surface area contributed by atoms with Crippen molar-refractivity contribution in [2.24, 2.45) is 0 Å². The first-order valence-electron chi connectivity index (χ1n) is 9.42. The number of aryl methyl sites for hydroxylation is 2. The van der Waals surface area contributed by atoms with Gasteiger partial charge in [0.25, 0.3) is 0 Å². The number of nitrogens with zero attached hydrogens (tertiary/aromatic N) is 3. The Hall–Kier alpha value is -2.31. The highest BCUT2D eigenvalue weighted by Gasteiger charge is 2.21. The van der Waals surface area contributed by atoms with E-state index in [1.165, 1.54) is 11.1 Å². The first-order valence-corrected chi connectivity index (χ1v) is 10.8. The first-order chi connectivity index (χ1) is 13.8. The molecule has 3 rings (SSSR count). The largest absolute Gasteiger partial charge is 0.419 e. The van der Waals surface area contributed by atoms with Gasteiger partial charge >= 0.3 is 0 Å². The summed E-state index contributed by atoms with van der Waals surface area (Å²) < 4.78 is 5.77.